The molecule has 0 aliphatic carbocycles. The molecule has 0 spiro atoms. The number of pyridine rings is 1. The lowest BCUT2D eigenvalue weighted by molar-refractivity contribution is -0.160. The van der Waals surface area contributed by atoms with Gasteiger partial charge >= 0.3 is 5.97 Å². The third-order valence-electron chi connectivity index (χ3n) is 7.63. The lowest BCUT2D eigenvalue weighted by atomic mass is 9.91. The second kappa shape index (κ2) is 10.9. The number of fused-ring (bicyclic) bond motifs is 2. The van der Waals surface area contributed by atoms with Gasteiger partial charge in [-0.15, -0.1) is 0 Å². The van der Waals surface area contributed by atoms with Crippen molar-refractivity contribution in [2.24, 2.45) is 0 Å². The number of aromatic nitrogens is 4. The minimum absolute atomic E-state index is 0.255. The maximum absolute atomic E-state index is 15.6. The van der Waals surface area contributed by atoms with Crippen molar-refractivity contribution in [3.05, 3.63) is 89.1 Å². The number of carboxylic acids is 1. The van der Waals surface area contributed by atoms with Crippen LogP contribution in [0.5, 0.6) is 5.75 Å². The van der Waals surface area contributed by atoms with Crippen molar-refractivity contribution in [2.75, 3.05) is 6.61 Å². The van der Waals surface area contributed by atoms with Crippen LogP contribution in [0.1, 0.15) is 55.7 Å². The molecule has 4 heterocycles. The highest BCUT2D eigenvalue weighted by atomic mass is 19.1. The van der Waals surface area contributed by atoms with E-state index in [9.17, 15) is 9.90 Å². The molecule has 0 fully saturated rings. The first-order valence-corrected chi connectivity index (χ1v) is 14.3. The van der Waals surface area contributed by atoms with E-state index in [-0.39, 0.29) is 5.75 Å². The van der Waals surface area contributed by atoms with E-state index in [0.29, 0.717) is 46.9 Å². The maximum Gasteiger partial charge on any atom is 0.337 e. The summed E-state index contributed by atoms with van der Waals surface area (Å²) in [6, 6.07) is 15.1. The summed E-state index contributed by atoms with van der Waals surface area (Å²) in [7, 11) is 0. The van der Waals surface area contributed by atoms with Crippen molar-refractivity contribution in [1.82, 2.24) is 19.6 Å². The van der Waals surface area contributed by atoms with E-state index in [1.807, 2.05) is 49.4 Å². The van der Waals surface area contributed by atoms with Crippen molar-refractivity contribution >= 4 is 11.6 Å². The number of carboxylic acid groups (broad SMARTS) is 1. The molecular formula is C34H33FN4O4. The van der Waals surface area contributed by atoms with Crippen LogP contribution in [0.15, 0.2) is 60.9 Å². The predicted octanol–water partition coefficient (Wildman–Crippen LogP) is 7.15. The molecule has 1 atom stereocenters. The highest BCUT2D eigenvalue weighted by Crippen LogP contribution is 2.42. The zero-order valence-corrected chi connectivity index (χ0v) is 24.8. The summed E-state index contributed by atoms with van der Waals surface area (Å²) in [5.41, 5.74) is 6.47. The van der Waals surface area contributed by atoms with Gasteiger partial charge in [-0.1, -0.05) is 24.3 Å². The van der Waals surface area contributed by atoms with E-state index in [2.05, 4.69) is 4.98 Å². The van der Waals surface area contributed by atoms with Crippen LogP contribution in [-0.4, -0.2) is 42.9 Å². The zero-order valence-electron chi connectivity index (χ0n) is 24.8. The van der Waals surface area contributed by atoms with Crippen LogP contribution in [0, 0.1) is 19.7 Å². The van der Waals surface area contributed by atoms with Crippen LogP contribution >= 0.6 is 0 Å². The number of benzene rings is 2. The van der Waals surface area contributed by atoms with Crippen LogP contribution in [0.4, 0.5) is 4.39 Å². The van der Waals surface area contributed by atoms with Gasteiger partial charge in [0.15, 0.2) is 23.3 Å². The molecule has 43 heavy (non-hydrogen) atoms. The van der Waals surface area contributed by atoms with E-state index in [1.165, 1.54) is 6.07 Å². The van der Waals surface area contributed by atoms with Crippen molar-refractivity contribution in [3.8, 4) is 39.4 Å². The highest BCUT2D eigenvalue weighted by Gasteiger charge is 2.34. The van der Waals surface area contributed by atoms with E-state index < -0.39 is 23.5 Å². The quantitative estimate of drug-likeness (QED) is 0.228. The van der Waals surface area contributed by atoms with Gasteiger partial charge < -0.3 is 14.6 Å². The van der Waals surface area contributed by atoms with Gasteiger partial charge in [0.25, 0.3) is 0 Å². The van der Waals surface area contributed by atoms with E-state index in [0.717, 1.165) is 34.2 Å². The molecule has 0 saturated heterocycles. The van der Waals surface area contributed by atoms with E-state index in [1.54, 1.807) is 44.6 Å². The van der Waals surface area contributed by atoms with Gasteiger partial charge in [-0.2, -0.15) is 5.10 Å². The Morgan fingerprint density at radius 1 is 1.09 bits per heavy atom. The molecule has 1 aliphatic heterocycles. The van der Waals surface area contributed by atoms with E-state index in [4.69, 9.17) is 19.6 Å². The van der Waals surface area contributed by atoms with Crippen molar-refractivity contribution in [2.45, 2.75) is 59.2 Å². The molecule has 0 radical (unpaired) electrons. The number of hydrogen-bond acceptors (Lipinski definition) is 6. The molecule has 0 bridgehead atoms. The van der Waals surface area contributed by atoms with Crippen molar-refractivity contribution < 1.29 is 23.8 Å². The molecule has 0 amide bonds. The monoisotopic (exact) mass is 580 g/mol. The number of carbonyl (C=O) groups is 1. The lowest BCUT2D eigenvalue weighted by Gasteiger charge is -2.28. The van der Waals surface area contributed by atoms with Crippen LogP contribution in [0.3, 0.4) is 0 Å². The average Bonchev–Trinajstić information content (AvgIpc) is 3.41. The Morgan fingerprint density at radius 3 is 2.58 bits per heavy atom. The third kappa shape index (κ3) is 5.36. The summed E-state index contributed by atoms with van der Waals surface area (Å²) in [6.07, 6.45) is 3.58. The fraction of sp³-hybridized carbons (Fsp3) is 0.294. The summed E-state index contributed by atoms with van der Waals surface area (Å²) < 4.78 is 29.0. The van der Waals surface area contributed by atoms with Gasteiger partial charge in [0.2, 0.25) is 0 Å². The van der Waals surface area contributed by atoms with Crippen LogP contribution < -0.4 is 4.74 Å². The molecular weight excluding hydrogens is 547 g/mol. The Hall–Kier alpha value is -4.63. The molecule has 6 rings (SSSR count). The molecule has 0 saturated carbocycles. The molecule has 3 aromatic heterocycles. The van der Waals surface area contributed by atoms with Crippen LogP contribution in [0.25, 0.3) is 39.3 Å². The summed E-state index contributed by atoms with van der Waals surface area (Å²) in [5.74, 6) is -1.41. The van der Waals surface area contributed by atoms with Crippen molar-refractivity contribution in [1.29, 1.82) is 0 Å². The fourth-order valence-electron chi connectivity index (χ4n) is 5.73. The first-order chi connectivity index (χ1) is 20.5. The smallest absolute Gasteiger partial charge is 0.337 e. The largest absolute Gasteiger partial charge is 0.490 e. The summed E-state index contributed by atoms with van der Waals surface area (Å²) in [4.78, 5) is 21.8. The Labute approximate surface area is 249 Å². The molecule has 2 aromatic carbocycles. The number of ether oxygens (including phenoxy) is 2. The fourth-order valence-corrected chi connectivity index (χ4v) is 5.73. The minimum atomic E-state index is -1.37. The van der Waals surface area contributed by atoms with Gasteiger partial charge in [0, 0.05) is 52.0 Å². The summed E-state index contributed by atoms with van der Waals surface area (Å²) in [6.45, 7) is 9.51. The molecule has 9 heteroatoms. The maximum atomic E-state index is 15.6. The highest BCUT2D eigenvalue weighted by molar-refractivity contribution is 5.83. The molecule has 5 aromatic rings. The number of aryl methyl sites for hydroxylation is 1. The van der Waals surface area contributed by atoms with Gasteiger partial charge in [-0.25, -0.2) is 18.7 Å². The normalized spacial score (nSPS) is 13.9. The molecule has 1 aliphatic rings. The predicted molar refractivity (Wildman–Crippen MR) is 162 cm³/mol. The van der Waals surface area contributed by atoms with Gasteiger partial charge in [0.1, 0.15) is 0 Å². The minimum Gasteiger partial charge on any atom is -0.490 e. The number of nitrogens with zero attached hydrogens (tertiary/aromatic N) is 4. The van der Waals surface area contributed by atoms with Gasteiger partial charge in [-0.05, 0) is 76.8 Å². The number of halogens is 1. The van der Waals surface area contributed by atoms with Gasteiger partial charge in [-0.3, -0.25) is 4.98 Å². The first kappa shape index (κ1) is 28.5. The van der Waals surface area contributed by atoms with E-state index >= 15 is 4.39 Å². The number of rotatable bonds is 6. The van der Waals surface area contributed by atoms with Crippen LogP contribution in [-0.2, 0) is 16.0 Å². The number of hydrogen-bond donors (Lipinski definition) is 1. The molecule has 1 unspecified atom stereocenters. The first-order valence-electron chi connectivity index (χ1n) is 14.3. The molecule has 8 nitrogen and oxygen atoms in total. The molecule has 1 N–H and O–H groups in total. The average molecular weight is 581 g/mol. The SMILES string of the molecule is Cc1nc2cc(-c3cccc(-c4cccnc4)c3)nn2c(-c2cc(F)c3c(c2C)CCCO3)c1C(OC(C)(C)C)C(=O)O. The number of aliphatic carboxylic acids is 1. The Bertz CT molecular complexity index is 1860. The topological polar surface area (TPSA) is 98.8 Å². The van der Waals surface area contributed by atoms with Gasteiger partial charge in [0.05, 0.1) is 23.6 Å². The Morgan fingerprint density at radius 2 is 1.86 bits per heavy atom. The van der Waals surface area contributed by atoms with Crippen molar-refractivity contribution in [3.63, 3.8) is 0 Å². The lowest BCUT2D eigenvalue weighted by Crippen LogP contribution is -2.29. The van der Waals surface area contributed by atoms with Crippen LogP contribution in [0.2, 0.25) is 0 Å². The standard InChI is InChI=1S/C34H33FN4O4/c1-19-24-12-8-14-42-31(24)26(35)16-25(19)30-29(32(33(40)41)43-34(3,4)5)20(2)37-28-17-27(38-39(28)30)22-10-6-9-21(15-22)23-11-7-13-36-18-23/h6-7,9-11,13,15-18,32H,8,12,14H2,1-5H3,(H,40,41). The Kier molecular flexibility index (Phi) is 7.22. The Balaban J connectivity index is 1.63. The summed E-state index contributed by atoms with van der Waals surface area (Å²) in [5, 5.41) is 15.4. The second-order valence-corrected chi connectivity index (χ2v) is 11.8. The summed E-state index contributed by atoms with van der Waals surface area (Å²) >= 11 is 0. The second-order valence-electron chi connectivity index (χ2n) is 11.8. The third-order valence-corrected chi connectivity index (χ3v) is 7.63. The zero-order chi connectivity index (χ0) is 30.5. The molecule has 220 valence electrons.